The zero-order valence-electron chi connectivity index (χ0n) is 14.6. The minimum Gasteiger partial charge on any atom is -0.495 e. The van der Waals surface area contributed by atoms with E-state index in [-0.39, 0.29) is 0 Å². The Bertz CT molecular complexity index is 813. The van der Waals surface area contributed by atoms with Crippen molar-refractivity contribution in [3.63, 3.8) is 0 Å². The van der Waals surface area contributed by atoms with Crippen LogP contribution in [0.2, 0.25) is 0 Å². The van der Waals surface area contributed by atoms with Gasteiger partial charge in [0.2, 0.25) is 5.75 Å². The molecule has 0 heterocycles. The molecule has 130 valence electrons. The lowest BCUT2D eigenvalue weighted by Gasteiger charge is -2.14. The lowest BCUT2D eigenvalue weighted by Crippen LogP contribution is -1.97. The minimum absolute atomic E-state index is 0.434. The molecule has 0 atom stereocenters. The number of nitrogens with two attached hydrogens (primary N) is 1. The molecule has 2 rings (SSSR count). The highest BCUT2D eigenvalue weighted by Gasteiger charge is 2.15. The van der Waals surface area contributed by atoms with Crippen LogP contribution in [0, 0.1) is 11.3 Å². The molecular formula is C19H20N2O4. The number of nitrogen functional groups attached to an aromatic ring is 1. The molecule has 6 nitrogen and oxygen atoms in total. The van der Waals surface area contributed by atoms with E-state index in [1.54, 1.807) is 37.5 Å². The molecule has 0 saturated heterocycles. The van der Waals surface area contributed by atoms with Gasteiger partial charge in [0.15, 0.2) is 11.5 Å². The van der Waals surface area contributed by atoms with Crippen LogP contribution >= 0.6 is 0 Å². The molecule has 0 aromatic heterocycles. The number of allylic oxidation sites excluding steroid dienone is 1. The maximum atomic E-state index is 9.58. The number of hydrogen-bond acceptors (Lipinski definition) is 6. The summed E-state index contributed by atoms with van der Waals surface area (Å²) in [6, 6.07) is 11.0. The Labute approximate surface area is 147 Å². The SMILES string of the molecule is COc1ccc(/C=C(/C#N)c2cc(OC)c(OC)c(OC)c2)cc1N. The van der Waals surface area contributed by atoms with Crippen molar-refractivity contribution in [1.29, 1.82) is 5.26 Å². The maximum absolute atomic E-state index is 9.58. The van der Waals surface area contributed by atoms with Gasteiger partial charge in [-0.05, 0) is 41.5 Å². The van der Waals surface area contributed by atoms with Gasteiger partial charge in [0, 0.05) is 0 Å². The molecule has 0 aliphatic rings. The predicted molar refractivity (Wildman–Crippen MR) is 97.0 cm³/mol. The third-order valence-corrected chi connectivity index (χ3v) is 3.66. The summed E-state index contributed by atoms with van der Waals surface area (Å²) in [6.45, 7) is 0. The fourth-order valence-electron chi connectivity index (χ4n) is 2.43. The smallest absolute Gasteiger partial charge is 0.203 e. The van der Waals surface area contributed by atoms with Crippen molar-refractivity contribution in [2.45, 2.75) is 0 Å². The molecule has 0 aliphatic carbocycles. The van der Waals surface area contributed by atoms with Crippen molar-refractivity contribution in [2.75, 3.05) is 34.2 Å². The Morgan fingerprint density at radius 1 is 0.920 bits per heavy atom. The highest BCUT2D eigenvalue weighted by molar-refractivity contribution is 5.91. The third kappa shape index (κ3) is 3.78. The van der Waals surface area contributed by atoms with E-state index in [2.05, 4.69) is 6.07 Å². The van der Waals surface area contributed by atoms with Gasteiger partial charge >= 0.3 is 0 Å². The Hall–Kier alpha value is -3.33. The van der Waals surface area contributed by atoms with Crippen LogP contribution in [-0.2, 0) is 0 Å². The maximum Gasteiger partial charge on any atom is 0.203 e. The second-order valence-electron chi connectivity index (χ2n) is 5.09. The highest BCUT2D eigenvalue weighted by atomic mass is 16.5. The van der Waals surface area contributed by atoms with Crippen LogP contribution in [0.3, 0.4) is 0 Å². The number of nitrogens with zero attached hydrogens (tertiary/aromatic N) is 1. The summed E-state index contributed by atoms with van der Waals surface area (Å²) in [7, 11) is 6.14. The summed E-state index contributed by atoms with van der Waals surface area (Å²) in [5.41, 5.74) is 8.28. The zero-order valence-corrected chi connectivity index (χ0v) is 14.6. The van der Waals surface area contributed by atoms with Gasteiger partial charge in [-0.15, -0.1) is 0 Å². The van der Waals surface area contributed by atoms with Crippen LogP contribution in [0.1, 0.15) is 11.1 Å². The van der Waals surface area contributed by atoms with Crippen molar-refractivity contribution < 1.29 is 18.9 Å². The molecule has 2 aromatic carbocycles. The number of rotatable bonds is 6. The van der Waals surface area contributed by atoms with Gasteiger partial charge in [0.05, 0.1) is 45.8 Å². The predicted octanol–water partition coefficient (Wildman–Crippen LogP) is 3.37. The van der Waals surface area contributed by atoms with Crippen LogP contribution in [-0.4, -0.2) is 28.4 Å². The fourth-order valence-corrected chi connectivity index (χ4v) is 2.43. The van der Waals surface area contributed by atoms with Crippen molar-refractivity contribution in [3.8, 4) is 29.1 Å². The second-order valence-corrected chi connectivity index (χ2v) is 5.09. The molecule has 0 aliphatic heterocycles. The second kappa shape index (κ2) is 7.97. The summed E-state index contributed by atoms with van der Waals surface area (Å²) in [6.07, 6.45) is 1.73. The molecule has 0 saturated carbocycles. The number of ether oxygens (including phenoxy) is 4. The number of nitriles is 1. The number of anilines is 1. The highest BCUT2D eigenvalue weighted by Crippen LogP contribution is 2.40. The van der Waals surface area contributed by atoms with Crippen LogP contribution in [0.15, 0.2) is 30.3 Å². The van der Waals surface area contributed by atoms with E-state index in [9.17, 15) is 5.26 Å². The molecule has 0 unspecified atom stereocenters. The summed E-state index contributed by atoms with van der Waals surface area (Å²) in [4.78, 5) is 0. The number of benzene rings is 2. The van der Waals surface area contributed by atoms with Gasteiger partial charge in [0.1, 0.15) is 5.75 Å². The van der Waals surface area contributed by atoms with Gasteiger partial charge < -0.3 is 24.7 Å². The standard InChI is InChI=1S/C19H20N2O4/c1-22-16-6-5-12(8-15(16)21)7-14(11-20)13-9-17(23-2)19(25-4)18(10-13)24-3/h5-10H,21H2,1-4H3/b14-7-. The van der Waals surface area contributed by atoms with E-state index in [1.807, 2.05) is 6.07 Å². The quantitative estimate of drug-likeness (QED) is 0.493. The van der Waals surface area contributed by atoms with Crippen molar-refractivity contribution >= 4 is 17.3 Å². The van der Waals surface area contributed by atoms with E-state index in [0.717, 1.165) is 5.56 Å². The fraction of sp³-hybridized carbons (Fsp3) is 0.211. The Balaban J connectivity index is 2.54. The Morgan fingerprint density at radius 3 is 1.96 bits per heavy atom. The molecule has 25 heavy (non-hydrogen) atoms. The summed E-state index contributed by atoms with van der Waals surface area (Å²) < 4.78 is 21.1. The lowest BCUT2D eigenvalue weighted by atomic mass is 10.0. The van der Waals surface area contributed by atoms with Gasteiger partial charge in [0.25, 0.3) is 0 Å². The minimum atomic E-state index is 0.434. The van der Waals surface area contributed by atoms with Crippen LogP contribution in [0.25, 0.3) is 11.6 Å². The first kappa shape index (κ1) is 18.0. The van der Waals surface area contributed by atoms with Crippen molar-refractivity contribution in [2.24, 2.45) is 0 Å². The van der Waals surface area contributed by atoms with E-state index < -0.39 is 0 Å². The van der Waals surface area contributed by atoms with E-state index in [1.165, 1.54) is 21.3 Å². The average Bonchev–Trinajstić information content (AvgIpc) is 2.64. The first-order chi connectivity index (χ1) is 12.1. The summed E-state index contributed by atoms with van der Waals surface area (Å²) in [5, 5.41) is 9.58. The van der Waals surface area contributed by atoms with Crippen LogP contribution in [0.5, 0.6) is 23.0 Å². The Morgan fingerprint density at radius 2 is 1.52 bits per heavy atom. The molecular weight excluding hydrogens is 320 g/mol. The lowest BCUT2D eigenvalue weighted by molar-refractivity contribution is 0.324. The summed E-state index contributed by atoms with van der Waals surface area (Å²) in [5.74, 6) is 2.02. The number of hydrogen-bond donors (Lipinski definition) is 1. The molecule has 0 bridgehead atoms. The van der Waals surface area contributed by atoms with Gasteiger partial charge in [-0.2, -0.15) is 5.26 Å². The van der Waals surface area contributed by atoms with E-state index in [0.29, 0.717) is 39.8 Å². The molecule has 2 N–H and O–H groups in total. The molecule has 0 spiro atoms. The van der Waals surface area contributed by atoms with Gasteiger partial charge in [-0.25, -0.2) is 0 Å². The first-order valence-corrected chi connectivity index (χ1v) is 7.43. The van der Waals surface area contributed by atoms with Gasteiger partial charge in [-0.1, -0.05) is 6.07 Å². The first-order valence-electron chi connectivity index (χ1n) is 7.43. The summed E-state index contributed by atoms with van der Waals surface area (Å²) >= 11 is 0. The van der Waals surface area contributed by atoms with E-state index >= 15 is 0 Å². The third-order valence-electron chi connectivity index (χ3n) is 3.66. The molecule has 2 aromatic rings. The van der Waals surface area contributed by atoms with Crippen LogP contribution < -0.4 is 24.7 Å². The topological polar surface area (TPSA) is 86.7 Å². The molecule has 0 fully saturated rings. The Kier molecular flexibility index (Phi) is 5.75. The molecule has 0 radical (unpaired) electrons. The van der Waals surface area contributed by atoms with Crippen molar-refractivity contribution in [1.82, 2.24) is 0 Å². The zero-order chi connectivity index (χ0) is 18.4. The molecule has 0 amide bonds. The molecule has 6 heteroatoms. The van der Waals surface area contributed by atoms with Crippen molar-refractivity contribution in [3.05, 3.63) is 41.5 Å². The largest absolute Gasteiger partial charge is 0.495 e. The number of methoxy groups -OCH3 is 4. The van der Waals surface area contributed by atoms with Crippen LogP contribution in [0.4, 0.5) is 5.69 Å². The van der Waals surface area contributed by atoms with Gasteiger partial charge in [-0.3, -0.25) is 0 Å². The average molecular weight is 340 g/mol. The normalized spacial score (nSPS) is 10.8. The van der Waals surface area contributed by atoms with E-state index in [4.69, 9.17) is 24.7 Å². The monoisotopic (exact) mass is 340 g/mol.